The fourth-order valence-corrected chi connectivity index (χ4v) is 4.81. The zero-order valence-corrected chi connectivity index (χ0v) is 18.8. The SMILES string of the molecule is O=C(Nc1cc(Cl)ccc1NS(=O)(=O)c1ccccc1F)c1ccc(N2CCCC2=O)cc1. The number of benzene rings is 3. The summed E-state index contributed by atoms with van der Waals surface area (Å²) in [4.78, 5) is 25.8. The molecule has 0 bridgehead atoms. The number of nitrogens with zero attached hydrogens (tertiary/aromatic N) is 1. The normalized spacial score (nSPS) is 13.8. The van der Waals surface area contributed by atoms with E-state index < -0.39 is 26.6 Å². The molecule has 10 heteroatoms. The van der Waals surface area contributed by atoms with Gasteiger partial charge in [0.2, 0.25) is 5.91 Å². The number of hydrogen-bond acceptors (Lipinski definition) is 4. The molecular formula is C23H19ClFN3O4S. The van der Waals surface area contributed by atoms with Gasteiger partial charge < -0.3 is 10.2 Å². The Morgan fingerprint density at radius 3 is 2.39 bits per heavy atom. The predicted molar refractivity (Wildman–Crippen MR) is 125 cm³/mol. The van der Waals surface area contributed by atoms with Crippen molar-refractivity contribution in [1.82, 2.24) is 0 Å². The second-order valence-corrected chi connectivity index (χ2v) is 9.46. The number of amides is 2. The molecular weight excluding hydrogens is 469 g/mol. The van der Waals surface area contributed by atoms with Crippen molar-refractivity contribution in [3.63, 3.8) is 0 Å². The monoisotopic (exact) mass is 487 g/mol. The predicted octanol–water partition coefficient (Wildman–Crippen LogP) is 4.66. The van der Waals surface area contributed by atoms with Crippen molar-refractivity contribution in [2.24, 2.45) is 0 Å². The van der Waals surface area contributed by atoms with Crippen molar-refractivity contribution >= 4 is 50.5 Å². The summed E-state index contributed by atoms with van der Waals surface area (Å²) >= 11 is 6.04. The van der Waals surface area contributed by atoms with Crippen molar-refractivity contribution in [3.8, 4) is 0 Å². The Morgan fingerprint density at radius 1 is 1.00 bits per heavy atom. The van der Waals surface area contributed by atoms with Crippen molar-refractivity contribution < 1.29 is 22.4 Å². The lowest BCUT2D eigenvalue weighted by Gasteiger charge is -2.16. The Labute approximate surface area is 195 Å². The second-order valence-electron chi connectivity index (χ2n) is 7.38. The molecule has 3 aromatic carbocycles. The van der Waals surface area contributed by atoms with Crippen molar-refractivity contribution in [2.45, 2.75) is 17.7 Å². The second kappa shape index (κ2) is 9.21. The summed E-state index contributed by atoms with van der Waals surface area (Å²) in [6, 6.07) is 15.7. The molecule has 33 heavy (non-hydrogen) atoms. The third-order valence-corrected chi connectivity index (χ3v) is 6.75. The number of nitrogens with one attached hydrogen (secondary N) is 2. The van der Waals surface area contributed by atoms with Gasteiger partial charge in [-0.15, -0.1) is 0 Å². The smallest absolute Gasteiger partial charge is 0.264 e. The lowest BCUT2D eigenvalue weighted by molar-refractivity contribution is -0.117. The molecule has 7 nitrogen and oxygen atoms in total. The molecule has 4 rings (SSSR count). The first-order valence-corrected chi connectivity index (χ1v) is 11.9. The minimum Gasteiger partial charge on any atom is -0.320 e. The third-order valence-electron chi connectivity index (χ3n) is 5.11. The Hall–Kier alpha value is -3.43. The average molecular weight is 488 g/mol. The summed E-state index contributed by atoms with van der Waals surface area (Å²) in [5, 5.41) is 2.90. The first kappa shape index (κ1) is 22.8. The highest BCUT2D eigenvalue weighted by Gasteiger charge is 2.23. The quantitative estimate of drug-likeness (QED) is 0.528. The molecule has 1 aliphatic rings. The Kier molecular flexibility index (Phi) is 6.35. The topological polar surface area (TPSA) is 95.6 Å². The molecule has 0 unspecified atom stereocenters. The van der Waals surface area contributed by atoms with Gasteiger partial charge in [-0.1, -0.05) is 23.7 Å². The van der Waals surface area contributed by atoms with Crippen LogP contribution >= 0.6 is 11.6 Å². The number of sulfonamides is 1. The van der Waals surface area contributed by atoms with Gasteiger partial charge in [-0.25, -0.2) is 12.8 Å². The highest BCUT2D eigenvalue weighted by Crippen LogP contribution is 2.29. The van der Waals surface area contributed by atoms with Crippen LogP contribution in [0, 0.1) is 5.82 Å². The number of carbonyl (C=O) groups is 2. The molecule has 0 atom stereocenters. The summed E-state index contributed by atoms with van der Waals surface area (Å²) in [5.74, 6) is -1.37. The van der Waals surface area contributed by atoms with E-state index in [0.717, 1.165) is 18.6 Å². The average Bonchev–Trinajstić information content (AvgIpc) is 3.21. The van der Waals surface area contributed by atoms with Crippen LogP contribution in [0.3, 0.4) is 0 Å². The summed E-state index contributed by atoms with van der Waals surface area (Å²) in [7, 11) is -4.26. The lowest BCUT2D eigenvalue weighted by atomic mass is 10.1. The maximum absolute atomic E-state index is 14.0. The summed E-state index contributed by atoms with van der Waals surface area (Å²) in [6.45, 7) is 0.637. The molecule has 0 spiro atoms. The molecule has 2 N–H and O–H groups in total. The number of rotatable bonds is 6. The van der Waals surface area contributed by atoms with Gasteiger partial charge in [0.15, 0.2) is 0 Å². The molecule has 0 aliphatic carbocycles. The van der Waals surface area contributed by atoms with E-state index in [1.807, 2.05) is 0 Å². The van der Waals surface area contributed by atoms with Crippen LogP contribution in [0.25, 0.3) is 0 Å². The minimum atomic E-state index is -4.26. The molecule has 0 aromatic heterocycles. The van der Waals surface area contributed by atoms with E-state index in [1.54, 1.807) is 29.2 Å². The Balaban J connectivity index is 1.56. The van der Waals surface area contributed by atoms with E-state index in [4.69, 9.17) is 11.6 Å². The Bertz CT molecular complexity index is 1330. The van der Waals surface area contributed by atoms with Gasteiger partial charge in [-0.05, 0) is 61.0 Å². The number of hydrogen-bond donors (Lipinski definition) is 2. The zero-order chi connectivity index (χ0) is 23.6. The van der Waals surface area contributed by atoms with Gasteiger partial charge >= 0.3 is 0 Å². The lowest BCUT2D eigenvalue weighted by Crippen LogP contribution is -2.23. The van der Waals surface area contributed by atoms with Crippen LogP contribution in [0.15, 0.2) is 71.6 Å². The van der Waals surface area contributed by atoms with Gasteiger partial charge in [0, 0.05) is 29.2 Å². The fraction of sp³-hybridized carbons (Fsp3) is 0.130. The van der Waals surface area contributed by atoms with Crippen molar-refractivity contribution in [2.75, 3.05) is 21.5 Å². The molecule has 3 aromatic rings. The standard InChI is InChI=1S/C23H19ClFN3O4S/c24-16-9-12-19(27-33(31,32)21-5-2-1-4-18(21)25)20(14-16)26-23(30)15-7-10-17(11-8-15)28-13-3-6-22(28)29/h1-2,4-5,7-12,14,27H,3,6,13H2,(H,26,30). The first-order chi connectivity index (χ1) is 15.7. The first-order valence-electron chi connectivity index (χ1n) is 10.0. The summed E-state index contributed by atoms with van der Waals surface area (Å²) < 4.78 is 41.7. The summed E-state index contributed by atoms with van der Waals surface area (Å²) in [5.41, 5.74) is 1.13. The fourth-order valence-electron chi connectivity index (χ4n) is 3.48. The van der Waals surface area contributed by atoms with Crippen LogP contribution in [0.2, 0.25) is 5.02 Å². The van der Waals surface area contributed by atoms with Crippen LogP contribution in [0.5, 0.6) is 0 Å². The molecule has 1 heterocycles. The van der Waals surface area contributed by atoms with Gasteiger partial charge in [0.05, 0.1) is 11.4 Å². The maximum Gasteiger partial charge on any atom is 0.264 e. The van der Waals surface area contributed by atoms with E-state index in [9.17, 15) is 22.4 Å². The summed E-state index contributed by atoms with van der Waals surface area (Å²) in [6.07, 6.45) is 1.30. The van der Waals surface area contributed by atoms with Gasteiger partial charge in [0.1, 0.15) is 10.7 Å². The molecule has 1 aliphatic heterocycles. The van der Waals surface area contributed by atoms with Crippen molar-refractivity contribution in [3.05, 3.63) is 83.1 Å². The molecule has 170 valence electrons. The molecule has 0 saturated carbocycles. The highest BCUT2D eigenvalue weighted by molar-refractivity contribution is 7.92. The molecule has 0 radical (unpaired) electrons. The van der Waals surface area contributed by atoms with E-state index >= 15 is 0 Å². The van der Waals surface area contributed by atoms with Gasteiger partial charge in [0.25, 0.3) is 15.9 Å². The third kappa shape index (κ3) is 4.99. The van der Waals surface area contributed by atoms with Gasteiger partial charge in [-0.3, -0.25) is 14.3 Å². The minimum absolute atomic E-state index is 0.0234. The zero-order valence-electron chi connectivity index (χ0n) is 17.2. The van der Waals surface area contributed by atoms with Crippen LogP contribution in [0.4, 0.5) is 21.5 Å². The molecule has 2 amide bonds. The van der Waals surface area contributed by atoms with E-state index in [1.165, 1.54) is 30.3 Å². The Morgan fingerprint density at radius 2 is 1.73 bits per heavy atom. The highest BCUT2D eigenvalue weighted by atomic mass is 35.5. The van der Waals surface area contributed by atoms with Crippen LogP contribution < -0.4 is 14.9 Å². The number of carbonyl (C=O) groups excluding carboxylic acids is 2. The molecule has 1 fully saturated rings. The number of anilines is 3. The largest absolute Gasteiger partial charge is 0.320 e. The van der Waals surface area contributed by atoms with Crippen LogP contribution in [0.1, 0.15) is 23.2 Å². The van der Waals surface area contributed by atoms with E-state index in [2.05, 4.69) is 10.0 Å². The van der Waals surface area contributed by atoms with Crippen LogP contribution in [-0.2, 0) is 14.8 Å². The van der Waals surface area contributed by atoms with Crippen molar-refractivity contribution in [1.29, 1.82) is 0 Å². The van der Waals surface area contributed by atoms with E-state index in [-0.39, 0.29) is 22.3 Å². The van der Waals surface area contributed by atoms with E-state index in [0.29, 0.717) is 24.2 Å². The number of halogens is 2. The maximum atomic E-state index is 14.0. The van der Waals surface area contributed by atoms with Crippen LogP contribution in [-0.4, -0.2) is 26.8 Å². The van der Waals surface area contributed by atoms with Gasteiger partial charge in [-0.2, -0.15) is 0 Å². The molecule has 1 saturated heterocycles.